The van der Waals surface area contributed by atoms with Crippen molar-refractivity contribution in [2.45, 2.75) is 56.9 Å². The number of sulfonamides is 1. The van der Waals surface area contributed by atoms with E-state index in [0.29, 0.717) is 11.8 Å². The van der Waals surface area contributed by atoms with Crippen LogP contribution in [0.3, 0.4) is 0 Å². The Kier molecular flexibility index (Phi) is 5.89. The van der Waals surface area contributed by atoms with Gasteiger partial charge in [-0.2, -0.15) is 0 Å². The Balaban J connectivity index is 1.75. The van der Waals surface area contributed by atoms with Crippen molar-refractivity contribution in [2.75, 3.05) is 17.1 Å². The van der Waals surface area contributed by atoms with Crippen LogP contribution in [-0.2, 0) is 10.0 Å². The minimum atomic E-state index is -3.79. The highest BCUT2D eigenvalue weighted by atomic mass is 32.2. The molecule has 0 bridgehead atoms. The molecule has 146 valence electrons. The van der Waals surface area contributed by atoms with Crippen LogP contribution < -0.4 is 14.8 Å². The van der Waals surface area contributed by atoms with Crippen molar-refractivity contribution in [1.82, 2.24) is 4.98 Å². The number of nitrogens with zero attached hydrogens (tertiary/aromatic N) is 1. The molecule has 1 fully saturated rings. The fourth-order valence-electron chi connectivity index (χ4n) is 3.35. The molecule has 0 spiro atoms. The zero-order valence-corrected chi connectivity index (χ0v) is 16.9. The number of benzene rings is 1. The van der Waals surface area contributed by atoms with Crippen molar-refractivity contribution in [1.29, 1.82) is 0 Å². The Hall–Kier alpha value is -2.28. The molecule has 1 aliphatic rings. The zero-order chi connectivity index (χ0) is 19.4. The van der Waals surface area contributed by atoms with Gasteiger partial charge in [-0.15, -0.1) is 0 Å². The van der Waals surface area contributed by atoms with Crippen molar-refractivity contribution in [3.63, 3.8) is 0 Å². The molecule has 1 aromatic heterocycles. The number of methoxy groups -OCH3 is 1. The molecule has 27 heavy (non-hydrogen) atoms. The van der Waals surface area contributed by atoms with E-state index in [1.807, 2.05) is 19.9 Å². The summed E-state index contributed by atoms with van der Waals surface area (Å²) in [6.45, 7) is 3.79. The van der Waals surface area contributed by atoms with Crippen LogP contribution in [0.5, 0.6) is 5.75 Å². The summed E-state index contributed by atoms with van der Waals surface area (Å²) >= 11 is 0. The van der Waals surface area contributed by atoms with E-state index in [1.54, 1.807) is 24.4 Å². The Bertz CT molecular complexity index is 889. The van der Waals surface area contributed by atoms with Gasteiger partial charge in [0, 0.05) is 6.04 Å². The third kappa shape index (κ3) is 4.71. The van der Waals surface area contributed by atoms with Gasteiger partial charge in [0.15, 0.2) is 0 Å². The van der Waals surface area contributed by atoms with Gasteiger partial charge in [-0.3, -0.25) is 4.72 Å². The Morgan fingerprint density at radius 3 is 2.41 bits per heavy atom. The topological polar surface area (TPSA) is 80.3 Å². The Morgan fingerprint density at radius 1 is 1.07 bits per heavy atom. The molecular formula is C20H27N3O3S. The van der Waals surface area contributed by atoms with Crippen molar-refractivity contribution < 1.29 is 13.2 Å². The largest absolute Gasteiger partial charge is 0.495 e. The molecular weight excluding hydrogens is 362 g/mol. The highest BCUT2D eigenvalue weighted by Gasteiger charge is 2.21. The summed E-state index contributed by atoms with van der Waals surface area (Å²) in [6, 6.07) is 7.36. The second-order valence-corrected chi connectivity index (χ2v) is 8.76. The normalized spacial score (nSPS) is 15.4. The van der Waals surface area contributed by atoms with Crippen molar-refractivity contribution in [2.24, 2.45) is 0 Å². The molecule has 6 nitrogen and oxygen atoms in total. The van der Waals surface area contributed by atoms with Gasteiger partial charge in [0.1, 0.15) is 16.5 Å². The first-order valence-corrected chi connectivity index (χ1v) is 10.8. The third-order valence-corrected chi connectivity index (χ3v) is 6.42. The molecule has 0 unspecified atom stereocenters. The second kappa shape index (κ2) is 8.17. The van der Waals surface area contributed by atoms with E-state index in [4.69, 9.17) is 4.74 Å². The van der Waals surface area contributed by atoms with E-state index in [-0.39, 0.29) is 10.7 Å². The first kappa shape index (κ1) is 19.5. The van der Waals surface area contributed by atoms with Gasteiger partial charge in [-0.05, 0) is 62.1 Å². The van der Waals surface area contributed by atoms with E-state index in [9.17, 15) is 8.42 Å². The predicted octanol–water partition coefficient (Wildman–Crippen LogP) is 4.25. The van der Waals surface area contributed by atoms with Crippen LogP contribution in [0.2, 0.25) is 0 Å². The lowest BCUT2D eigenvalue weighted by molar-refractivity contribution is 0.402. The summed E-state index contributed by atoms with van der Waals surface area (Å²) in [5.74, 6) is 0.602. The molecule has 1 aliphatic carbocycles. The van der Waals surface area contributed by atoms with E-state index >= 15 is 0 Å². The number of aryl methyl sites for hydroxylation is 2. The van der Waals surface area contributed by atoms with E-state index < -0.39 is 10.0 Å². The molecule has 2 aromatic rings. The maximum absolute atomic E-state index is 12.8. The van der Waals surface area contributed by atoms with Crippen LogP contribution in [0.4, 0.5) is 11.5 Å². The van der Waals surface area contributed by atoms with Gasteiger partial charge < -0.3 is 10.1 Å². The smallest absolute Gasteiger partial charge is 0.266 e. The zero-order valence-electron chi connectivity index (χ0n) is 16.1. The van der Waals surface area contributed by atoms with Gasteiger partial charge in [0.25, 0.3) is 10.0 Å². The minimum absolute atomic E-state index is 0.110. The number of hydrogen-bond acceptors (Lipinski definition) is 5. The van der Waals surface area contributed by atoms with Crippen molar-refractivity contribution in [3.05, 3.63) is 41.6 Å². The highest BCUT2D eigenvalue weighted by molar-refractivity contribution is 7.92. The maximum atomic E-state index is 12.8. The van der Waals surface area contributed by atoms with Gasteiger partial charge in [-0.25, -0.2) is 13.4 Å². The second-order valence-electron chi connectivity index (χ2n) is 7.10. The minimum Gasteiger partial charge on any atom is -0.495 e. The number of pyridine rings is 1. The lowest BCUT2D eigenvalue weighted by atomic mass is 9.95. The quantitative estimate of drug-likeness (QED) is 0.772. The summed E-state index contributed by atoms with van der Waals surface area (Å²) in [5.41, 5.74) is 2.77. The first-order chi connectivity index (χ1) is 12.9. The van der Waals surface area contributed by atoms with Gasteiger partial charge in [0.2, 0.25) is 0 Å². The lowest BCUT2D eigenvalue weighted by Crippen LogP contribution is -2.22. The number of hydrogen-bond donors (Lipinski definition) is 2. The summed E-state index contributed by atoms with van der Waals surface area (Å²) in [6.07, 6.45) is 7.81. The van der Waals surface area contributed by atoms with Crippen LogP contribution in [0.15, 0.2) is 35.4 Å². The summed E-state index contributed by atoms with van der Waals surface area (Å²) < 4.78 is 33.4. The molecule has 7 heteroatoms. The molecule has 0 aliphatic heterocycles. The third-order valence-electron chi connectivity index (χ3n) is 5.05. The van der Waals surface area contributed by atoms with Crippen LogP contribution in [0, 0.1) is 13.8 Å². The molecule has 3 rings (SSSR count). The van der Waals surface area contributed by atoms with Crippen LogP contribution >= 0.6 is 0 Å². The van der Waals surface area contributed by atoms with E-state index in [0.717, 1.165) is 16.8 Å². The molecule has 0 radical (unpaired) electrons. The molecule has 0 amide bonds. The number of nitrogens with one attached hydrogen (secondary N) is 2. The van der Waals surface area contributed by atoms with Crippen molar-refractivity contribution in [3.8, 4) is 5.75 Å². The van der Waals surface area contributed by atoms with Gasteiger partial charge in [0.05, 0.1) is 19.0 Å². The predicted molar refractivity (Wildman–Crippen MR) is 108 cm³/mol. The molecule has 2 N–H and O–H groups in total. The lowest BCUT2D eigenvalue weighted by Gasteiger charge is -2.23. The van der Waals surface area contributed by atoms with Crippen LogP contribution in [-0.4, -0.2) is 26.6 Å². The summed E-state index contributed by atoms with van der Waals surface area (Å²) in [7, 11) is -2.33. The van der Waals surface area contributed by atoms with Gasteiger partial charge >= 0.3 is 0 Å². The number of rotatable bonds is 6. The number of ether oxygens (including phenoxy) is 1. The first-order valence-electron chi connectivity index (χ1n) is 9.29. The van der Waals surface area contributed by atoms with E-state index in [1.165, 1.54) is 39.2 Å². The average Bonchev–Trinajstić information content (AvgIpc) is 2.65. The molecule has 1 saturated carbocycles. The number of anilines is 2. The molecule has 0 atom stereocenters. The Morgan fingerprint density at radius 2 is 1.78 bits per heavy atom. The maximum Gasteiger partial charge on any atom is 0.266 e. The van der Waals surface area contributed by atoms with Gasteiger partial charge in [-0.1, -0.05) is 19.3 Å². The average molecular weight is 390 g/mol. The fourth-order valence-corrected chi connectivity index (χ4v) is 4.59. The molecule has 1 heterocycles. The molecule has 1 aromatic carbocycles. The summed E-state index contributed by atoms with van der Waals surface area (Å²) in [4.78, 5) is 4.37. The van der Waals surface area contributed by atoms with Crippen LogP contribution in [0.1, 0.15) is 43.2 Å². The standard InChI is InChI=1S/C20H27N3O3S/c1-14-11-18(26-3)19(12-15(14)2)27(24,25)23-20-10-9-17(13-21-20)22-16-7-5-4-6-8-16/h9-13,16,22H,4-8H2,1-3H3,(H,21,23). The SMILES string of the molecule is COc1cc(C)c(C)cc1S(=O)(=O)Nc1ccc(NC2CCCCC2)cn1. The van der Waals surface area contributed by atoms with Crippen molar-refractivity contribution >= 4 is 21.5 Å². The summed E-state index contributed by atoms with van der Waals surface area (Å²) in [5, 5.41) is 3.47. The van der Waals surface area contributed by atoms with Crippen LogP contribution in [0.25, 0.3) is 0 Å². The Labute approximate surface area is 161 Å². The monoisotopic (exact) mass is 389 g/mol. The highest BCUT2D eigenvalue weighted by Crippen LogP contribution is 2.29. The fraction of sp³-hybridized carbons (Fsp3) is 0.450. The number of aromatic nitrogens is 1. The molecule has 0 saturated heterocycles. The van der Waals surface area contributed by atoms with E-state index in [2.05, 4.69) is 15.0 Å².